The first-order chi connectivity index (χ1) is 16.2. The summed E-state index contributed by atoms with van der Waals surface area (Å²) in [5, 5.41) is 10.5. The van der Waals surface area contributed by atoms with E-state index in [2.05, 4.69) is 71.0 Å². The minimum Gasteiger partial charge on any atom is -0.373 e. The molecule has 0 amide bonds. The largest absolute Gasteiger partial charge is 0.417 e. The zero-order valence-electron chi connectivity index (χ0n) is 20.2. The van der Waals surface area contributed by atoms with Gasteiger partial charge in [0.05, 0.1) is 5.69 Å². The van der Waals surface area contributed by atoms with Crippen molar-refractivity contribution < 1.29 is 0 Å². The Morgan fingerprint density at radius 3 is 2.29 bits per heavy atom. The standard InChI is InChI=1S/C25H28N8S/c1-9-17-12-14-18(15-13-17)16-33-21(27-8)20(26-7)29-23(33)31-30-22-19(25(4,5)6)28-24(34-22)32(10-2)11-3/h9,12-15H,1,10-11,16H2,2-6H3. The molecule has 0 radical (unpaired) electrons. The van der Waals surface area contributed by atoms with Gasteiger partial charge < -0.3 is 14.6 Å². The maximum absolute atomic E-state index is 7.60. The number of hydrogen-bond donors (Lipinski definition) is 0. The van der Waals surface area contributed by atoms with Crippen LogP contribution < -0.4 is 4.90 Å². The number of hydrogen-bond acceptors (Lipinski definition) is 6. The van der Waals surface area contributed by atoms with Crippen LogP contribution in [0.15, 0.2) is 41.1 Å². The lowest BCUT2D eigenvalue weighted by atomic mass is 9.93. The van der Waals surface area contributed by atoms with Crippen LogP contribution in [-0.2, 0) is 12.0 Å². The first kappa shape index (κ1) is 24.8. The van der Waals surface area contributed by atoms with Crippen molar-refractivity contribution in [3.8, 4) is 0 Å². The van der Waals surface area contributed by atoms with Gasteiger partial charge in [0.2, 0.25) is 0 Å². The molecule has 0 aliphatic carbocycles. The van der Waals surface area contributed by atoms with E-state index in [4.69, 9.17) is 18.1 Å². The Balaban J connectivity index is 2.06. The number of nitrogens with zero attached hydrogens (tertiary/aromatic N) is 8. The Labute approximate surface area is 205 Å². The van der Waals surface area contributed by atoms with Crippen molar-refractivity contribution in [1.29, 1.82) is 0 Å². The van der Waals surface area contributed by atoms with Crippen LogP contribution >= 0.6 is 11.3 Å². The number of rotatable bonds is 8. The Morgan fingerprint density at radius 2 is 1.76 bits per heavy atom. The molecule has 2 aromatic heterocycles. The molecule has 3 rings (SSSR count). The molecule has 1 aromatic carbocycles. The highest BCUT2D eigenvalue weighted by Gasteiger charge is 2.27. The molecule has 174 valence electrons. The first-order valence-corrected chi connectivity index (χ1v) is 11.8. The number of aromatic nitrogens is 3. The van der Waals surface area contributed by atoms with Crippen LogP contribution in [0, 0.1) is 13.1 Å². The lowest BCUT2D eigenvalue weighted by Gasteiger charge is -2.18. The summed E-state index contributed by atoms with van der Waals surface area (Å²) in [6.45, 7) is 31.3. The molecule has 0 bridgehead atoms. The van der Waals surface area contributed by atoms with Gasteiger partial charge in [-0.05, 0) is 25.0 Å². The lowest BCUT2D eigenvalue weighted by Crippen LogP contribution is -2.22. The fourth-order valence-corrected chi connectivity index (χ4v) is 4.57. The van der Waals surface area contributed by atoms with Gasteiger partial charge in [0, 0.05) is 18.5 Å². The number of anilines is 1. The van der Waals surface area contributed by atoms with Gasteiger partial charge in [-0.25, -0.2) is 9.55 Å². The average Bonchev–Trinajstić information content (AvgIpc) is 3.40. The molecule has 0 fully saturated rings. The fraction of sp³-hybridized carbons (Fsp3) is 0.360. The van der Waals surface area contributed by atoms with Crippen molar-refractivity contribution in [2.24, 2.45) is 10.2 Å². The highest BCUT2D eigenvalue weighted by Crippen LogP contribution is 2.41. The zero-order chi connectivity index (χ0) is 24.9. The molecule has 34 heavy (non-hydrogen) atoms. The third-order valence-corrected chi connectivity index (χ3v) is 6.24. The monoisotopic (exact) mass is 472 g/mol. The van der Waals surface area contributed by atoms with E-state index in [-0.39, 0.29) is 23.0 Å². The molecular formula is C25H28N8S. The van der Waals surface area contributed by atoms with Crippen LogP contribution in [-0.4, -0.2) is 27.6 Å². The maximum atomic E-state index is 7.60. The van der Waals surface area contributed by atoms with E-state index >= 15 is 0 Å². The molecule has 0 N–H and O–H groups in total. The van der Waals surface area contributed by atoms with Crippen molar-refractivity contribution in [3.63, 3.8) is 0 Å². The van der Waals surface area contributed by atoms with Crippen molar-refractivity contribution in [3.05, 3.63) is 70.5 Å². The molecular weight excluding hydrogens is 444 g/mol. The fourth-order valence-electron chi connectivity index (χ4n) is 3.35. The molecule has 0 saturated carbocycles. The van der Waals surface area contributed by atoms with Gasteiger partial charge in [-0.3, -0.25) is 0 Å². The highest BCUT2D eigenvalue weighted by atomic mass is 32.1. The van der Waals surface area contributed by atoms with Gasteiger partial charge >= 0.3 is 5.95 Å². The molecule has 0 aliphatic heterocycles. The first-order valence-electron chi connectivity index (χ1n) is 11.0. The summed E-state index contributed by atoms with van der Waals surface area (Å²) < 4.78 is 1.63. The summed E-state index contributed by atoms with van der Waals surface area (Å²) in [5.74, 6) is 0.402. The summed E-state index contributed by atoms with van der Waals surface area (Å²) in [5.41, 5.74) is 2.60. The van der Waals surface area contributed by atoms with E-state index < -0.39 is 0 Å². The molecule has 0 aliphatic rings. The van der Waals surface area contributed by atoms with Crippen LogP contribution in [0.5, 0.6) is 0 Å². The quantitative estimate of drug-likeness (QED) is 0.249. The van der Waals surface area contributed by atoms with Crippen LogP contribution in [0.2, 0.25) is 0 Å². The maximum Gasteiger partial charge on any atom is 0.417 e. The normalized spacial score (nSPS) is 11.4. The van der Waals surface area contributed by atoms with E-state index in [1.165, 1.54) is 11.3 Å². The molecule has 8 nitrogen and oxygen atoms in total. The minimum absolute atomic E-state index is 0.0239. The second-order valence-corrected chi connectivity index (χ2v) is 9.54. The number of azo groups is 1. The SMILES string of the molecule is [C-]#[N+]c1nc(N=Nc2sc(N(CC)CC)nc2C(C)(C)C)n(Cc2ccc(C=C)cc2)c1[N+]#[C-]. The van der Waals surface area contributed by atoms with Crippen LogP contribution in [0.4, 0.5) is 27.7 Å². The van der Waals surface area contributed by atoms with E-state index in [1.807, 2.05) is 24.3 Å². The third kappa shape index (κ3) is 5.22. The minimum atomic E-state index is -0.220. The van der Waals surface area contributed by atoms with E-state index in [1.54, 1.807) is 10.6 Å². The summed E-state index contributed by atoms with van der Waals surface area (Å²) in [7, 11) is 0. The molecule has 9 heteroatoms. The van der Waals surface area contributed by atoms with Gasteiger partial charge in [-0.1, -0.05) is 92.3 Å². The van der Waals surface area contributed by atoms with Gasteiger partial charge in [-0.15, -0.1) is 5.11 Å². The predicted octanol–water partition coefficient (Wildman–Crippen LogP) is 7.69. The van der Waals surface area contributed by atoms with E-state index in [9.17, 15) is 0 Å². The summed E-state index contributed by atoms with van der Waals surface area (Å²) in [6, 6.07) is 7.83. The molecule has 0 unspecified atom stereocenters. The van der Waals surface area contributed by atoms with Crippen LogP contribution in [0.25, 0.3) is 15.8 Å². The van der Waals surface area contributed by atoms with E-state index in [0.717, 1.165) is 35.0 Å². The van der Waals surface area contributed by atoms with Gasteiger partial charge in [0.15, 0.2) is 10.1 Å². The molecule has 0 spiro atoms. The van der Waals surface area contributed by atoms with E-state index in [0.29, 0.717) is 11.5 Å². The van der Waals surface area contributed by atoms with Gasteiger partial charge in [0.25, 0.3) is 11.6 Å². The zero-order valence-corrected chi connectivity index (χ0v) is 21.0. The topological polar surface area (TPSA) is 67.4 Å². The second-order valence-electron chi connectivity index (χ2n) is 8.59. The highest BCUT2D eigenvalue weighted by molar-refractivity contribution is 7.19. The Kier molecular flexibility index (Phi) is 7.60. The van der Waals surface area contributed by atoms with Crippen molar-refractivity contribution in [2.45, 2.75) is 46.6 Å². The third-order valence-electron chi connectivity index (χ3n) is 5.24. The lowest BCUT2D eigenvalue weighted by molar-refractivity contribution is 0.573. The van der Waals surface area contributed by atoms with Gasteiger partial charge in [-0.2, -0.15) is 0 Å². The number of imidazole rings is 1. The number of benzene rings is 1. The predicted molar refractivity (Wildman–Crippen MR) is 139 cm³/mol. The average molecular weight is 473 g/mol. The Morgan fingerprint density at radius 1 is 1.09 bits per heavy atom. The van der Waals surface area contributed by atoms with Crippen molar-refractivity contribution >= 4 is 45.1 Å². The van der Waals surface area contributed by atoms with Crippen LogP contribution in [0.3, 0.4) is 0 Å². The van der Waals surface area contributed by atoms with Crippen molar-refractivity contribution in [2.75, 3.05) is 18.0 Å². The Bertz CT molecular complexity index is 1270. The smallest absolute Gasteiger partial charge is 0.373 e. The van der Waals surface area contributed by atoms with Crippen LogP contribution in [0.1, 0.15) is 51.4 Å². The number of thiazole rings is 1. The second kappa shape index (κ2) is 10.4. The van der Waals surface area contributed by atoms with Crippen molar-refractivity contribution in [1.82, 2.24) is 14.5 Å². The molecule has 0 atom stereocenters. The summed E-state index contributed by atoms with van der Waals surface area (Å²) >= 11 is 1.49. The molecule has 0 saturated heterocycles. The molecule has 3 aromatic rings. The summed E-state index contributed by atoms with van der Waals surface area (Å²) in [6.07, 6.45) is 1.77. The van der Waals surface area contributed by atoms with Gasteiger partial charge in [0.1, 0.15) is 6.54 Å². The summed E-state index contributed by atoms with van der Waals surface area (Å²) in [4.78, 5) is 18.3. The Hall–Kier alpha value is -3.82. The molecule has 2 heterocycles.